The van der Waals surface area contributed by atoms with E-state index < -0.39 is 5.41 Å². The summed E-state index contributed by atoms with van der Waals surface area (Å²) in [5, 5.41) is 0. The van der Waals surface area contributed by atoms with E-state index in [9.17, 15) is 9.59 Å². The van der Waals surface area contributed by atoms with E-state index in [1.165, 1.54) is 26.8 Å². The van der Waals surface area contributed by atoms with Gasteiger partial charge < -0.3 is 0 Å². The van der Waals surface area contributed by atoms with Crippen molar-refractivity contribution < 1.29 is 0 Å². The highest BCUT2D eigenvalue weighted by atomic mass is 16.2. The molecular weight excluding hydrogens is 374 g/mol. The molecule has 0 fully saturated rings. The molecule has 2 atom stereocenters. The fourth-order valence-electron chi connectivity index (χ4n) is 5.95. The number of rotatable bonds is 1. The smallest absolute Gasteiger partial charge is 0.245 e. The highest BCUT2D eigenvalue weighted by Crippen LogP contribution is 2.64. The number of fused-ring (bicyclic) bond motifs is 6. The van der Waals surface area contributed by atoms with Crippen molar-refractivity contribution in [3.8, 4) is 16.8 Å². The molecule has 4 aromatic rings. The van der Waals surface area contributed by atoms with E-state index in [0.717, 1.165) is 0 Å². The van der Waals surface area contributed by atoms with Crippen LogP contribution in [0.1, 0.15) is 23.2 Å². The minimum Gasteiger partial charge on any atom is -0.245 e. The molecule has 2 aliphatic carbocycles. The van der Waals surface area contributed by atoms with Crippen LogP contribution in [0.3, 0.4) is 0 Å². The third-order valence-electron chi connectivity index (χ3n) is 6.99. The maximum atomic E-state index is 13.5. The van der Waals surface area contributed by atoms with E-state index in [2.05, 4.69) is 36.4 Å². The summed E-state index contributed by atoms with van der Waals surface area (Å²) in [6.07, 6.45) is 4.19. The Morgan fingerprint density at radius 2 is 1.07 bits per heavy atom. The first-order chi connectivity index (χ1) is 14.7. The van der Waals surface area contributed by atoms with Gasteiger partial charge in [0.05, 0.1) is 23.2 Å². The quantitative estimate of drug-likeness (QED) is 0.467. The molecule has 1 aliphatic heterocycles. The van der Waals surface area contributed by atoms with Crippen LogP contribution in [0.5, 0.6) is 0 Å². The largest absolute Gasteiger partial charge is 0.352 e. The van der Waals surface area contributed by atoms with Crippen LogP contribution in [0.2, 0.25) is 0 Å². The summed E-state index contributed by atoms with van der Waals surface area (Å²) in [6, 6.07) is 25.4. The molecule has 0 unspecified atom stereocenters. The van der Waals surface area contributed by atoms with Gasteiger partial charge >= 0.3 is 11.4 Å². The van der Waals surface area contributed by atoms with E-state index in [1.54, 1.807) is 21.5 Å². The minimum atomic E-state index is -0.457. The second-order valence-corrected chi connectivity index (χ2v) is 8.16. The van der Waals surface area contributed by atoms with Gasteiger partial charge in [-0.2, -0.15) is 0 Å². The Hall–Kier alpha value is -3.86. The van der Waals surface area contributed by atoms with E-state index in [1.807, 2.05) is 42.5 Å². The highest BCUT2D eigenvalue weighted by molar-refractivity contribution is 5.83. The number of aromatic nitrogens is 3. The molecule has 3 aromatic carbocycles. The molecule has 144 valence electrons. The molecule has 2 bridgehead atoms. The van der Waals surface area contributed by atoms with Crippen LogP contribution in [0, 0.1) is 0 Å². The second kappa shape index (κ2) is 5.19. The molecule has 0 radical (unpaired) electrons. The Balaban J connectivity index is 1.56. The van der Waals surface area contributed by atoms with Gasteiger partial charge in [-0.05, 0) is 34.4 Å². The first-order valence-corrected chi connectivity index (χ1v) is 10.1. The van der Waals surface area contributed by atoms with Gasteiger partial charge in [0.1, 0.15) is 0 Å². The Kier molecular flexibility index (Phi) is 2.77. The van der Waals surface area contributed by atoms with Crippen molar-refractivity contribution in [3.63, 3.8) is 0 Å². The van der Waals surface area contributed by atoms with Crippen LogP contribution in [-0.2, 0) is 5.41 Å². The summed E-state index contributed by atoms with van der Waals surface area (Å²) in [5.74, 6) is 0. The third kappa shape index (κ3) is 1.56. The number of hydrogen-bond donors (Lipinski definition) is 0. The summed E-state index contributed by atoms with van der Waals surface area (Å²) >= 11 is 0. The molecule has 2 heterocycles. The summed E-state index contributed by atoms with van der Waals surface area (Å²) < 4.78 is 4.62. The van der Waals surface area contributed by atoms with Crippen LogP contribution < -0.4 is 11.4 Å². The Bertz CT molecular complexity index is 1410. The lowest BCUT2D eigenvalue weighted by Gasteiger charge is -2.31. The molecule has 5 nitrogen and oxygen atoms in total. The SMILES string of the molecule is O=c1n(-c2ccccc2)c(=O)n2n1[C@H]1C=C[C@@H]2C12c1ccccc1-c1ccccc12. The van der Waals surface area contributed by atoms with Gasteiger partial charge in [0.2, 0.25) is 0 Å². The molecule has 3 aliphatic rings. The van der Waals surface area contributed by atoms with E-state index in [0.29, 0.717) is 5.69 Å². The molecule has 7 rings (SSSR count). The predicted molar refractivity (Wildman–Crippen MR) is 114 cm³/mol. The number of para-hydroxylation sites is 1. The topological polar surface area (TPSA) is 48.9 Å². The number of allylic oxidation sites excluding steroid dienone is 2. The molecule has 1 spiro atoms. The van der Waals surface area contributed by atoms with Gasteiger partial charge in [-0.1, -0.05) is 78.9 Å². The molecule has 0 saturated heterocycles. The monoisotopic (exact) mass is 391 g/mol. The van der Waals surface area contributed by atoms with Crippen LogP contribution in [0.4, 0.5) is 0 Å². The van der Waals surface area contributed by atoms with Crippen LogP contribution in [0.25, 0.3) is 16.8 Å². The lowest BCUT2D eigenvalue weighted by molar-refractivity contribution is 0.430. The number of hydrogen-bond acceptors (Lipinski definition) is 2. The predicted octanol–water partition coefficient (Wildman–Crippen LogP) is 3.43. The van der Waals surface area contributed by atoms with Crippen LogP contribution in [0.15, 0.2) is 101 Å². The van der Waals surface area contributed by atoms with E-state index in [-0.39, 0.29) is 23.5 Å². The first kappa shape index (κ1) is 16.0. The van der Waals surface area contributed by atoms with Crippen molar-refractivity contribution in [2.24, 2.45) is 0 Å². The third-order valence-corrected chi connectivity index (χ3v) is 6.99. The molecule has 0 amide bonds. The average Bonchev–Trinajstić information content (AvgIpc) is 3.48. The molecule has 0 N–H and O–H groups in total. The van der Waals surface area contributed by atoms with Gasteiger partial charge in [0.25, 0.3) is 0 Å². The standard InChI is InChI=1S/C25H17N3O2/c29-23-26(16-8-2-1-3-9-16)24(30)28-22-15-14-21(27(23)28)25(22)19-12-6-4-10-17(19)18-11-5-7-13-20(18)25/h1-15,21-22H/t21-,22+. The zero-order valence-electron chi connectivity index (χ0n) is 16.0. The molecule has 5 heteroatoms. The number of nitrogens with zero attached hydrogens (tertiary/aromatic N) is 3. The Morgan fingerprint density at radius 3 is 1.60 bits per heavy atom. The van der Waals surface area contributed by atoms with Crippen LogP contribution in [-0.4, -0.2) is 13.9 Å². The maximum Gasteiger partial charge on any atom is 0.352 e. The fourth-order valence-corrected chi connectivity index (χ4v) is 5.95. The van der Waals surface area contributed by atoms with Gasteiger partial charge in [0.15, 0.2) is 0 Å². The van der Waals surface area contributed by atoms with Gasteiger partial charge in [-0.3, -0.25) is 0 Å². The normalized spacial score (nSPS) is 21.1. The van der Waals surface area contributed by atoms with Crippen molar-refractivity contribution in [1.82, 2.24) is 13.9 Å². The molecule has 0 saturated carbocycles. The lowest BCUT2D eigenvalue weighted by Crippen LogP contribution is -2.38. The van der Waals surface area contributed by atoms with Crippen molar-refractivity contribution in [3.05, 3.63) is 123 Å². The van der Waals surface area contributed by atoms with Crippen molar-refractivity contribution in [1.29, 1.82) is 0 Å². The average molecular weight is 391 g/mol. The van der Waals surface area contributed by atoms with Crippen LogP contribution >= 0.6 is 0 Å². The minimum absolute atomic E-state index is 0.238. The zero-order chi connectivity index (χ0) is 20.0. The molecular formula is C25H17N3O2. The van der Waals surface area contributed by atoms with E-state index in [4.69, 9.17) is 0 Å². The summed E-state index contributed by atoms with van der Waals surface area (Å²) in [6.45, 7) is 0. The zero-order valence-corrected chi connectivity index (χ0v) is 16.0. The second-order valence-electron chi connectivity index (χ2n) is 8.16. The Labute approximate surface area is 171 Å². The summed E-state index contributed by atoms with van der Waals surface area (Å²) in [4.78, 5) is 27.0. The molecule has 30 heavy (non-hydrogen) atoms. The molecule has 1 aromatic heterocycles. The van der Waals surface area contributed by atoms with Gasteiger partial charge in [-0.15, -0.1) is 0 Å². The highest BCUT2D eigenvalue weighted by Gasteiger charge is 2.62. The van der Waals surface area contributed by atoms with Gasteiger partial charge in [0, 0.05) is 0 Å². The summed E-state index contributed by atoms with van der Waals surface area (Å²) in [7, 11) is 0. The first-order valence-electron chi connectivity index (χ1n) is 10.1. The number of benzene rings is 3. The van der Waals surface area contributed by atoms with Gasteiger partial charge in [-0.25, -0.2) is 23.5 Å². The van der Waals surface area contributed by atoms with E-state index >= 15 is 0 Å². The maximum absolute atomic E-state index is 13.5. The van der Waals surface area contributed by atoms with Crippen molar-refractivity contribution in [2.75, 3.05) is 0 Å². The summed E-state index contributed by atoms with van der Waals surface area (Å²) in [5.41, 5.74) is 4.32. The lowest BCUT2D eigenvalue weighted by atomic mass is 9.71. The van der Waals surface area contributed by atoms with Crippen molar-refractivity contribution in [2.45, 2.75) is 17.5 Å². The van der Waals surface area contributed by atoms with Crippen molar-refractivity contribution >= 4 is 0 Å². The Morgan fingerprint density at radius 1 is 0.600 bits per heavy atom. The fraction of sp³-hybridized carbons (Fsp3) is 0.120.